The van der Waals surface area contributed by atoms with Gasteiger partial charge in [0.2, 0.25) is 5.92 Å². The third kappa shape index (κ3) is 2.69. The van der Waals surface area contributed by atoms with Gasteiger partial charge in [-0.15, -0.1) is 0 Å². The molecule has 2 saturated carbocycles. The van der Waals surface area contributed by atoms with Crippen molar-refractivity contribution >= 4 is 5.78 Å². The minimum atomic E-state index is -2.61. The number of ketones is 1. The van der Waals surface area contributed by atoms with Gasteiger partial charge in [-0.2, -0.15) is 0 Å². The highest BCUT2D eigenvalue weighted by molar-refractivity contribution is 5.84. The minimum Gasteiger partial charge on any atom is -0.375 e. The van der Waals surface area contributed by atoms with E-state index in [1.807, 2.05) is 0 Å². The number of hydrogen-bond acceptors (Lipinski definition) is 2. The van der Waals surface area contributed by atoms with Gasteiger partial charge in [0.1, 0.15) is 5.78 Å². The first-order valence-electron chi connectivity index (χ1n) is 7.55. The molecule has 3 aliphatic rings. The predicted octanol–water partition coefficient (Wildman–Crippen LogP) is 3.73. The number of carbonyl (C=O) groups is 1. The molecule has 0 aromatic carbocycles. The normalized spacial score (nSPS) is 36.7. The minimum absolute atomic E-state index is 0.0363. The van der Waals surface area contributed by atoms with E-state index in [-0.39, 0.29) is 30.1 Å². The first-order valence-corrected chi connectivity index (χ1v) is 7.55. The van der Waals surface area contributed by atoms with Crippen LogP contribution in [0.1, 0.15) is 57.8 Å². The monoisotopic (exact) mass is 272 g/mol. The lowest BCUT2D eigenvalue weighted by Crippen LogP contribution is -2.41. The number of hydrogen-bond donors (Lipinski definition) is 0. The lowest BCUT2D eigenvalue weighted by Gasteiger charge is -2.38. The average Bonchev–Trinajstić information content (AvgIpc) is 2.96. The molecule has 0 amide bonds. The predicted molar refractivity (Wildman–Crippen MR) is 67.2 cm³/mol. The lowest BCUT2D eigenvalue weighted by atomic mass is 9.78. The van der Waals surface area contributed by atoms with Crippen LogP contribution in [0.3, 0.4) is 0 Å². The Labute approximate surface area is 112 Å². The van der Waals surface area contributed by atoms with Crippen molar-refractivity contribution < 1.29 is 18.3 Å². The first kappa shape index (κ1) is 13.5. The molecule has 3 fully saturated rings. The summed E-state index contributed by atoms with van der Waals surface area (Å²) >= 11 is 0. The van der Waals surface area contributed by atoms with E-state index in [1.54, 1.807) is 0 Å². The van der Waals surface area contributed by atoms with Gasteiger partial charge in [0.05, 0.1) is 5.60 Å². The molecule has 0 aromatic rings. The molecule has 0 bridgehead atoms. The van der Waals surface area contributed by atoms with Crippen molar-refractivity contribution in [2.45, 2.75) is 69.3 Å². The number of rotatable bonds is 2. The lowest BCUT2D eigenvalue weighted by molar-refractivity contribution is -0.140. The molecule has 2 aliphatic carbocycles. The summed E-state index contributed by atoms with van der Waals surface area (Å²) in [6.45, 7) is 0.625. The first-order chi connectivity index (χ1) is 9.00. The Bertz CT molecular complexity index is 361. The molecule has 1 saturated heterocycles. The van der Waals surface area contributed by atoms with Crippen molar-refractivity contribution in [2.75, 3.05) is 6.61 Å². The summed E-state index contributed by atoms with van der Waals surface area (Å²) in [6, 6.07) is 0. The van der Waals surface area contributed by atoms with E-state index >= 15 is 0 Å². The Balaban J connectivity index is 1.64. The molecule has 0 N–H and O–H groups in total. The highest BCUT2D eigenvalue weighted by Gasteiger charge is 2.47. The van der Waals surface area contributed by atoms with Gasteiger partial charge in [-0.1, -0.05) is 12.8 Å². The topological polar surface area (TPSA) is 26.3 Å². The van der Waals surface area contributed by atoms with Crippen LogP contribution >= 0.6 is 0 Å². The summed E-state index contributed by atoms with van der Waals surface area (Å²) in [7, 11) is 0. The molecular formula is C15H22F2O2. The molecule has 2 atom stereocenters. The Morgan fingerprint density at radius 2 is 1.68 bits per heavy atom. The van der Waals surface area contributed by atoms with E-state index in [0.29, 0.717) is 13.0 Å². The molecule has 1 heterocycles. The van der Waals surface area contributed by atoms with Crippen molar-refractivity contribution in [3.63, 3.8) is 0 Å². The van der Waals surface area contributed by atoms with Crippen LogP contribution in [0, 0.1) is 11.8 Å². The van der Waals surface area contributed by atoms with Gasteiger partial charge in [0.15, 0.2) is 0 Å². The van der Waals surface area contributed by atoms with E-state index < -0.39 is 11.8 Å². The summed E-state index contributed by atoms with van der Waals surface area (Å²) in [5.41, 5.74) is -0.0975. The number of Topliss-reactive ketones (excluding diaryl/α,β-unsaturated/α-hetero) is 1. The maximum atomic E-state index is 13.2. The summed E-state index contributed by atoms with van der Waals surface area (Å²) in [5.74, 6) is -2.97. The van der Waals surface area contributed by atoms with Crippen molar-refractivity contribution in [3.8, 4) is 0 Å². The summed E-state index contributed by atoms with van der Waals surface area (Å²) < 4.78 is 32.4. The molecule has 1 spiro atoms. The molecular weight excluding hydrogens is 250 g/mol. The third-order valence-electron chi connectivity index (χ3n) is 5.22. The van der Waals surface area contributed by atoms with Crippen LogP contribution in [-0.2, 0) is 9.53 Å². The van der Waals surface area contributed by atoms with E-state index in [0.717, 1.165) is 25.7 Å². The second kappa shape index (κ2) is 4.80. The zero-order valence-electron chi connectivity index (χ0n) is 11.3. The van der Waals surface area contributed by atoms with E-state index in [2.05, 4.69) is 0 Å². The number of halogens is 2. The maximum Gasteiger partial charge on any atom is 0.248 e. The van der Waals surface area contributed by atoms with E-state index in [1.165, 1.54) is 12.8 Å². The fourth-order valence-electron chi connectivity index (χ4n) is 4.16. The van der Waals surface area contributed by atoms with E-state index in [9.17, 15) is 13.6 Å². The SMILES string of the molecule is O=C(C1CCC(F)(F)C1)C1CCOC2(CCCC2)C1. The molecule has 108 valence electrons. The van der Waals surface area contributed by atoms with Crippen LogP contribution in [0.25, 0.3) is 0 Å². The van der Waals surface area contributed by atoms with Gasteiger partial charge >= 0.3 is 0 Å². The van der Waals surface area contributed by atoms with Gasteiger partial charge in [0.25, 0.3) is 0 Å². The van der Waals surface area contributed by atoms with Gasteiger partial charge in [-0.25, -0.2) is 8.78 Å². The van der Waals surface area contributed by atoms with Crippen molar-refractivity contribution in [2.24, 2.45) is 11.8 Å². The van der Waals surface area contributed by atoms with Gasteiger partial charge in [0, 0.05) is 31.3 Å². The van der Waals surface area contributed by atoms with Crippen LogP contribution < -0.4 is 0 Å². The van der Waals surface area contributed by atoms with Crippen LogP contribution in [0.4, 0.5) is 8.78 Å². The molecule has 3 rings (SSSR count). The summed E-state index contributed by atoms with van der Waals surface area (Å²) in [5, 5.41) is 0. The molecule has 0 aromatic heterocycles. The zero-order valence-corrected chi connectivity index (χ0v) is 11.3. The molecule has 0 radical (unpaired) electrons. The highest BCUT2D eigenvalue weighted by atomic mass is 19.3. The quantitative estimate of drug-likeness (QED) is 0.765. The number of carbonyl (C=O) groups excluding carboxylic acids is 1. The van der Waals surface area contributed by atoms with E-state index in [4.69, 9.17) is 4.74 Å². The second-order valence-electron chi connectivity index (χ2n) is 6.63. The van der Waals surface area contributed by atoms with Gasteiger partial charge in [-0.3, -0.25) is 4.79 Å². The largest absolute Gasteiger partial charge is 0.375 e. The summed E-state index contributed by atoms with van der Waals surface area (Å²) in [6.07, 6.45) is 5.95. The summed E-state index contributed by atoms with van der Waals surface area (Å²) in [4.78, 5) is 12.4. The molecule has 1 aliphatic heterocycles. The fourth-order valence-corrected chi connectivity index (χ4v) is 4.16. The molecule has 2 nitrogen and oxygen atoms in total. The van der Waals surface area contributed by atoms with Crippen LogP contribution in [-0.4, -0.2) is 23.9 Å². The number of alkyl halides is 2. The fraction of sp³-hybridized carbons (Fsp3) is 0.933. The van der Waals surface area contributed by atoms with Crippen LogP contribution in [0.2, 0.25) is 0 Å². The molecule has 19 heavy (non-hydrogen) atoms. The van der Waals surface area contributed by atoms with Crippen LogP contribution in [0.5, 0.6) is 0 Å². The zero-order chi connectivity index (χ0) is 13.5. The highest BCUT2D eigenvalue weighted by Crippen LogP contribution is 2.45. The average molecular weight is 272 g/mol. The Hall–Kier alpha value is -0.510. The Morgan fingerprint density at radius 1 is 1.00 bits per heavy atom. The van der Waals surface area contributed by atoms with Crippen molar-refractivity contribution in [3.05, 3.63) is 0 Å². The van der Waals surface area contributed by atoms with Crippen LogP contribution in [0.15, 0.2) is 0 Å². The molecule has 2 unspecified atom stereocenters. The third-order valence-corrected chi connectivity index (χ3v) is 5.22. The Morgan fingerprint density at radius 3 is 2.32 bits per heavy atom. The standard InChI is InChI=1S/C15H22F2O2/c16-15(17)7-3-11(10-15)13(18)12-4-8-19-14(9-12)5-1-2-6-14/h11-12H,1-10H2. The van der Waals surface area contributed by atoms with Crippen molar-refractivity contribution in [1.82, 2.24) is 0 Å². The van der Waals surface area contributed by atoms with Gasteiger partial charge in [-0.05, 0) is 32.1 Å². The number of ether oxygens (including phenoxy) is 1. The van der Waals surface area contributed by atoms with Gasteiger partial charge < -0.3 is 4.74 Å². The maximum absolute atomic E-state index is 13.2. The Kier molecular flexibility index (Phi) is 3.40. The molecule has 4 heteroatoms. The second-order valence-corrected chi connectivity index (χ2v) is 6.63. The van der Waals surface area contributed by atoms with Crippen molar-refractivity contribution in [1.29, 1.82) is 0 Å². The smallest absolute Gasteiger partial charge is 0.248 e.